The van der Waals surface area contributed by atoms with Crippen LogP contribution < -0.4 is 0 Å². The van der Waals surface area contributed by atoms with Crippen LogP contribution in [0.4, 0.5) is 0 Å². The molecule has 2 saturated heterocycles. The number of hydrogen-bond donors (Lipinski definition) is 0. The minimum atomic E-state index is -0.101. The van der Waals surface area contributed by atoms with Gasteiger partial charge in [0, 0.05) is 13.1 Å². The average molecular weight is 205 g/mol. The summed E-state index contributed by atoms with van der Waals surface area (Å²) in [5.74, 6) is 0. The lowest BCUT2D eigenvalue weighted by molar-refractivity contribution is -0.244. The van der Waals surface area contributed by atoms with Gasteiger partial charge in [-0.15, -0.1) is 0 Å². The molecule has 2 heterocycles. The van der Waals surface area contributed by atoms with Crippen molar-refractivity contribution >= 4 is 0 Å². The molecule has 2 fully saturated rings. The molecule has 1 aromatic rings. The first-order valence-electron chi connectivity index (χ1n) is 5.40. The van der Waals surface area contributed by atoms with E-state index in [0.717, 1.165) is 32.9 Å². The predicted octanol–water partition coefficient (Wildman–Crippen LogP) is 1.25. The van der Waals surface area contributed by atoms with E-state index in [1.165, 1.54) is 5.56 Å². The molecule has 0 amide bonds. The van der Waals surface area contributed by atoms with Gasteiger partial charge in [-0.2, -0.15) is 0 Å². The Bertz CT molecular complexity index is 335. The minimum Gasteiger partial charge on any atom is -0.372 e. The van der Waals surface area contributed by atoms with E-state index in [1.807, 2.05) is 6.07 Å². The molecule has 2 aliphatic rings. The molecule has 0 unspecified atom stereocenters. The monoisotopic (exact) mass is 205 g/mol. The number of nitrogens with zero attached hydrogens (tertiary/aromatic N) is 1. The van der Waals surface area contributed by atoms with E-state index in [1.54, 1.807) is 0 Å². The molecule has 0 N–H and O–H groups in total. The van der Waals surface area contributed by atoms with Crippen molar-refractivity contribution in [2.75, 3.05) is 26.4 Å². The normalized spacial score (nSPS) is 24.3. The van der Waals surface area contributed by atoms with Crippen LogP contribution in [0.2, 0.25) is 0 Å². The lowest BCUT2D eigenvalue weighted by atomic mass is 10.1. The highest BCUT2D eigenvalue weighted by atomic mass is 16.6. The minimum absolute atomic E-state index is 0.101. The zero-order chi connectivity index (χ0) is 10.1. The maximum atomic E-state index is 5.76. The van der Waals surface area contributed by atoms with Gasteiger partial charge >= 0.3 is 0 Å². The van der Waals surface area contributed by atoms with Gasteiger partial charge in [0.1, 0.15) is 0 Å². The Labute approximate surface area is 89.6 Å². The third-order valence-corrected chi connectivity index (χ3v) is 3.18. The molecular weight excluding hydrogens is 190 g/mol. The molecule has 3 nitrogen and oxygen atoms in total. The van der Waals surface area contributed by atoms with Crippen molar-refractivity contribution in [2.24, 2.45) is 0 Å². The van der Waals surface area contributed by atoms with Crippen molar-refractivity contribution in [3.05, 3.63) is 35.9 Å². The first kappa shape index (κ1) is 9.33. The van der Waals surface area contributed by atoms with Crippen LogP contribution in [0.3, 0.4) is 0 Å². The van der Waals surface area contributed by atoms with Crippen molar-refractivity contribution in [3.8, 4) is 0 Å². The van der Waals surface area contributed by atoms with Gasteiger partial charge in [-0.3, -0.25) is 4.90 Å². The fraction of sp³-hybridized carbons (Fsp3) is 0.500. The van der Waals surface area contributed by atoms with E-state index in [4.69, 9.17) is 9.47 Å². The number of ether oxygens (including phenoxy) is 2. The van der Waals surface area contributed by atoms with Crippen molar-refractivity contribution in [1.29, 1.82) is 0 Å². The summed E-state index contributed by atoms with van der Waals surface area (Å²) in [6.07, 6.45) is 0. The van der Waals surface area contributed by atoms with Crippen LogP contribution in [0.15, 0.2) is 30.3 Å². The van der Waals surface area contributed by atoms with Crippen LogP contribution in [0.1, 0.15) is 5.56 Å². The average Bonchev–Trinajstić information content (AvgIpc) is 2.62. The molecule has 0 aliphatic carbocycles. The highest BCUT2D eigenvalue weighted by Crippen LogP contribution is 2.32. The highest BCUT2D eigenvalue weighted by molar-refractivity contribution is 5.15. The van der Waals surface area contributed by atoms with E-state index in [9.17, 15) is 0 Å². The maximum absolute atomic E-state index is 5.76. The van der Waals surface area contributed by atoms with Crippen LogP contribution in [-0.4, -0.2) is 37.0 Å². The first-order chi connectivity index (χ1) is 7.39. The van der Waals surface area contributed by atoms with Gasteiger partial charge in [0.2, 0.25) is 0 Å². The van der Waals surface area contributed by atoms with Crippen LogP contribution in [-0.2, 0) is 16.0 Å². The Kier molecular flexibility index (Phi) is 2.24. The molecule has 0 aromatic heterocycles. The molecule has 15 heavy (non-hydrogen) atoms. The van der Waals surface area contributed by atoms with Gasteiger partial charge in [0.25, 0.3) is 0 Å². The summed E-state index contributed by atoms with van der Waals surface area (Å²) in [4.78, 5) is 2.38. The summed E-state index contributed by atoms with van der Waals surface area (Å²) in [5, 5.41) is 0. The molecule has 1 aromatic carbocycles. The summed E-state index contributed by atoms with van der Waals surface area (Å²) in [6.45, 7) is 4.25. The number of benzene rings is 1. The Morgan fingerprint density at radius 2 is 2.00 bits per heavy atom. The highest BCUT2D eigenvalue weighted by Gasteiger charge is 2.48. The van der Waals surface area contributed by atoms with Crippen molar-refractivity contribution < 1.29 is 9.47 Å². The van der Waals surface area contributed by atoms with Gasteiger partial charge in [-0.1, -0.05) is 30.3 Å². The Balaban J connectivity index is 1.73. The Morgan fingerprint density at radius 3 is 2.67 bits per heavy atom. The van der Waals surface area contributed by atoms with Crippen molar-refractivity contribution in [1.82, 2.24) is 4.90 Å². The summed E-state index contributed by atoms with van der Waals surface area (Å²) in [6, 6.07) is 10.5. The molecule has 0 saturated carbocycles. The fourth-order valence-electron chi connectivity index (χ4n) is 2.21. The second kappa shape index (κ2) is 3.59. The summed E-state index contributed by atoms with van der Waals surface area (Å²) < 4.78 is 11.0. The molecule has 0 radical (unpaired) electrons. The van der Waals surface area contributed by atoms with Gasteiger partial charge in [-0.25, -0.2) is 0 Å². The van der Waals surface area contributed by atoms with Crippen molar-refractivity contribution in [2.45, 2.75) is 12.3 Å². The van der Waals surface area contributed by atoms with E-state index in [0.29, 0.717) is 0 Å². The van der Waals surface area contributed by atoms with E-state index in [2.05, 4.69) is 29.2 Å². The summed E-state index contributed by atoms with van der Waals surface area (Å²) in [5.41, 5.74) is 1.24. The summed E-state index contributed by atoms with van der Waals surface area (Å²) >= 11 is 0. The lowest BCUT2D eigenvalue weighted by Gasteiger charge is -2.43. The van der Waals surface area contributed by atoms with E-state index < -0.39 is 0 Å². The topological polar surface area (TPSA) is 21.7 Å². The molecule has 2 aliphatic heterocycles. The standard InChI is InChI=1S/C12H15NO2/c1-2-4-11(5-3-1)8-13-6-7-15-12(13)9-14-10-12/h1-5H,6-10H2. The molecule has 1 spiro atoms. The predicted molar refractivity (Wildman–Crippen MR) is 56.4 cm³/mol. The first-order valence-corrected chi connectivity index (χ1v) is 5.40. The molecule has 3 rings (SSSR count). The smallest absolute Gasteiger partial charge is 0.169 e. The van der Waals surface area contributed by atoms with E-state index in [-0.39, 0.29) is 5.72 Å². The molecular formula is C12H15NO2. The molecule has 0 atom stereocenters. The second-order valence-corrected chi connectivity index (χ2v) is 4.19. The number of hydrogen-bond acceptors (Lipinski definition) is 3. The van der Waals surface area contributed by atoms with Gasteiger partial charge in [0.15, 0.2) is 5.72 Å². The van der Waals surface area contributed by atoms with Crippen LogP contribution in [0.25, 0.3) is 0 Å². The SMILES string of the molecule is c1ccc(CN2CCOC23COC3)cc1. The molecule has 3 heteroatoms. The lowest BCUT2D eigenvalue weighted by Crippen LogP contribution is -2.59. The fourth-order valence-corrected chi connectivity index (χ4v) is 2.21. The zero-order valence-electron chi connectivity index (χ0n) is 8.69. The van der Waals surface area contributed by atoms with Crippen LogP contribution in [0.5, 0.6) is 0 Å². The van der Waals surface area contributed by atoms with Crippen LogP contribution >= 0.6 is 0 Å². The molecule has 0 bridgehead atoms. The van der Waals surface area contributed by atoms with Crippen LogP contribution in [0, 0.1) is 0 Å². The van der Waals surface area contributed by atoms with Gasteiger partial charge in [-0.05, 0) is 5.56 Å². The Morgan fingerprint density at radius 1 is 1.20 bits per heavy atom. The van der Waals surface area contributed by atoms with Gasteiger partial charge < -0.3 is 9.47 Å². The third kappa shape index (κ3) is 1.57. The van der Waals surface area contributed by atoms with Gasteiger partial charge in [0.05, 0.1) is 19.8 Å². The largest absolute Gasteiger partial charge is 0.372 e. The third-order valence-electron chi connectivity index (χ3n) is 3.18. The second-order valence-electron chi connectivity index (χ2n) is 4.19. The molecule has 80 valence electrons. The van der Waals surface area contributed by atoms with E-state index >= 15 is 0 Å². The summed E-state index contributed by atoms with van der Waals surface area (Å²) in [7, 11) is 0. The van der Waals surface area contributed by atoms with Crippen molar-refractivity contribution in [3.63, 3.8) is 0 Å². The number of rotatable bonds is 2. The Hall–Kier alpha value is -0.900. The maximum Gasteiger partial charge on any atom is 0.169 e. The quantitative estimate of drug-likeness (QED) is 0.725. The zero-order valence-corrected chi connectivity index (χ0v) is 8.69.